The SMILES string of the molecule is CC1CC1CN(C)CC1(CNC(C)(C)C)CCOC1. The van der Waals surface area contributed by atoms with Crippen molar-refractivity contribution in [1.82, 2.24) is 10.2 Å². The van der Waals surface area contributed by atoms with E-state index in [1.165, 1.54) is 25.9 Å². The van der Waals surface area contributed by atoms with Crippen molar-refractivity contribution in [3.8, 4) is 0 Å². The van der Waals surface area contributed by atoms with Crippen molar-refractivity contribution in [3.05, 3.63) is 0 Å². The highest BCUT2D eigenvalue weighted by molar-refractivity contribution is 4.92. The molecule has 3 heteroatoms. The third kappa shape index (κ3) is 4.73. The van der Waals surface area contributed by atoms with Crippen LogP contribution in [0.2, 0.25) is 0 Å². The van der Waals surface area contributed by atoms with Crippen molar-refractivity contribution in [2.75, 3.05) is 39.9 Å². The Morgan fingerprint density at radius 3 is 2.53 bits per heavy atom. The molecule has 2 rings (SSSR count). The summed E-state index contributed by atoms with van der Waals surface area (Å²) >= 11 is 0. The summed E-state index contributed by atoms with van der Waals surface area (Å²) in [7, 11) is 2.28. The van der Waals surface area contributed by atoms with Crippen LogP contribution >= 0.6 is 0 Å². The van der Waals surface area contributed by atoms with E-state index in [9.17, 15) is 0 Å². The molecule has 0 amide bonds. The maximum absolute atomic E-state index is 5.70. The van der Waals surface area contributed by atoms with Gasteiger partial charge >= 0.3 is 0 Å². The summed E-state index contributed by atoms with van der Waals surface area (Å²) in [5, 5.41) is 3.68. The topological polar surface area (TPSA) is 24.5 Å². The Labute approximate surface area is 119 Å². The Kier molecular flexibility index (Phi) is 4.59. The monoisotopic (exact) mass is 268 g/mol. The lowest BCUT2D eigenvalue weighted by Gasteiger charge is -2.35. The predicted molar refractivity (Wildman–Crippen MR) is 80.4 cm³/mol. The van der Waals surface area contributed by atoms with Gasteiger partial charge in [-0.25, -0.2) is 0 Å². The molecule has 0 spiro atoms. The fourth-order valence-corrected chi connectivity index (χ4v) is 3.11. The highest BCUT2D eigenvalue weighted by atomic mass is 16.5. The van der Waals surface area contributed by atoms with Gasteiger partial charge < -0.3 is 15.0 Å². The third-order valence-electron chi connectivity index (χ3n) is 4.61. The van der Waals surface area contributed by atoms with E-state index in [1.807, 2.05) is 0 Å². The minimum Gasteiger partial charge on any atom is -0.381 e. The van der Waals surface area contributed by atoms with Gasteiger partial charge in [0.05, 0.1) is 6.61 Å². The van der Waals surface area contributed by atoms with Crippen LogP contribution in [0.25, 0.3) is 0 Å². The quantitative estimate of drug-likeness (QED) is 0.800. The summed E-state index contributed by atoms with van der Waals surface area (Å²) in [5.41, 5.74) is 0.513. The van der Waals surface area contributed by atoms with Gasteiger partial charge in [0.15, 0.2) is 0 Å². The van der Waals surface area contributed by atoms with Gasteiger partial charge in [0, 0.05) is 37.2 Å². The molecule has 1 saturated carbocycles. The van der Waals surface area contributed by atoms with Crippen LogP contribution in [0, 0.1) is 17.3 Å². The standard InChI is InChI=1S/C16H32N2O/c1-13-8-14(13)9-18(5)11-16(6-7-19-12-16)10-17-15(2,3)4/h13-14,17H,6-12H2,1-5H3. The summed E-state index contributed by atoms with van der Waals surface area (Å²) in [5.74, 6) is 1.89. The van der Waals surface area contributed by atoms with E-state index in [4.69, 9.17) is 4.74 Å². The first-order valence-electron chi connectivity index (χ1n) is 7.81. The Bertz CT molecular complexity index is 292. The van der Waals surface area contributed by atoms with Crippen molar-refractivity contribution >= 4 is 0 Å². The molecular formula is C16H32N2O. The van der Waals surface area contributed by atoms with Crippen LogP contribution in [0.5, 0.6) is 0 Å². The lowest BCUT2D eigenvalue weighted by molar-refractivity contribution is 0.111. The predicted octanol–water partition coefficient (Wildman–Crippen LogP) is 2.37. The van der Waals surface area contributed by atoms with E-state index in [0.717, 1.165) is 31.6 Å². The number of nitrogens with one attached hydrogen (secondary N) is 1. The van der Waals surface area contributed by atoms with Crippen LogP contribution in [-0.4, -0.2) is 50.3 Å². The second-order valence-corrected chi connectivity index (χ2v) is 8.08. The average Bonchev–Trinajstić information content (AvgIpc) is 2.78. The molecule has 19 heavy (non-hydrogen) atoms. The highest BCUT2D eigenvalue weighted by Gasteiger charge is 2.39. The zero-order valence-corrected chi connectivity index (χ0v) is 13.5. The van der Waals surface area contributed by atoms with Crippen LogP contribution in [-0.2, 0) is 4.74 Å². The van der Waals surface area contributed by atoms with E-state index in [2.05, 4.69) is 45.0 Å². The fourth-order valence-electron chi connectivity index (χ4n) is 3.11. The van der Waals surface area contributed by atoms with Gasteiger partial charge in [-0.1, -0.05) is 6.92 Å². The van der Waals surface area contributed by atoms with Crippen molar-refractivity contribution in [1.29, 1.82) is 0 Å². The second kappa shape index (κ2) is 5.71. The van der Waals surface area contributed by atoms with Gasteiger partial charge in [-0.05, 0) is 52.5 Å². The molecule has 1 aliphatic heterocycles. The van der Waals surface area contributed by atoms with Crippen LogP contribution in [0.3, 0.4) is 0 Å². The normalized spacial score (nSPS) is 35.1. The first kappa shape index (κ1) is 15.3. The van der Waals surface area contributed by atoms with Gasteiger partial charge in [0.1, 0.15) is 0 Å². The van der Waals surface area contributed by atoms with Crippen molar-refractivity contribution < 1.29 is 4.74 Å². The largest absolute Gasteiger partial charge is 0.381 e. The molecule has 1 heterocycles. The van der Waals surface area contributed by atoms with Crippen LogP contribution in [0.15, 0.2) is 0 Å². The maximum atomic E-state index is 5.70. The minimum atomic E-state index is 0.194. The molecule has 0 radical (unpaired) electrons. The lowest BCUT2D eigenvalue weighted by Crippen LogP contribution is -2.49. The van der Waals surface area contributed by atoms with Gasteiger partial charge in [-0.2, -0.15) is 0 Å². The molecule has 0 aromatic heterocycles. The Hall–Kier alpha value is -0.120. The molecule has 112 valence electrons. The van der Waals surface area contributed by atoms with E-state index >= 15 is 0 Å². The van der Waals surface area contributed by atoms with E-state index in [-0.39, 0.29) is 5.54 Å². The summed E-state index contributed by atoms with van der Waals surface area (Å²) < 4.78 is 5.70. The maximum Gasteiger partial charge on any atom is 0.0547 e. The summed E-state index contributed by atoms with van der Waals surface area (Å²) in [6.45, 7) is 14.4. The number of hydrogen-bond donors (Lipinski definition) is 1. The molecule has 1 aliphatic carbocycles. The van der Waals surface area contributed by atoms with E-state index in [1.54, 1.807) is 0 Å². The minimum absolute atomic E-state index is 0.194. The van der Waals surface area contributed by atoms with Crippen LogP contribution in [0.4, 0.5) is 0 Å². The average molecular weight is 268 g/mol. The molecule has 0 bridgehead atoms. The zero-order valence-electron chi connectivity index (χ0n) is 13.5. The first-order chi connectivity index (χ1) is 8.80. The van der Waals surface area contributed by atoms with Gasteiger partial charge in [-0.15, -0.1) is 0 Å². The second-order valence-electron chi connectivity index (χ2n) is 8.08. The molecule has 0 aromatic rings. The molecule has 0 aromatic carbocycles. The molecule has 3 nitrogen and oxygen atoms in total. The molecular weight excluding hydrogens is 236 g/mol. The van der Waals surface area contributed by atoms with Gasteiger partial charge in [0.2, 0.25) is 0 Å². The lowest BCUT2D eigenvalue weighted by atomic mass is 9.85. The highest BCUT2D eigenvalue weighted by Crippen LogP contribution is 2.39. The Balaban J connectivity index is 1.84. The van der Waals surface area contributed by atoms with Crippen LogP contribution in [0.1, 0.15) is 40.5 Å². The molecule has 2 aliphatic rings. The summed E-state index contributed by atoms with van der Waals surface area (Å²) in [6, 6.07) is 0. The first-order valence-corrected chi connectivity index (χ1v) is 7.81. The molecule has 3 atom stereocenters. The van der Waals surface area contributed by atoms with Gasteiger partial charge in [0.25, 0.3) is 0 Å². The van der Waals surface area contributed by atoms with Crippen molar-refractivity contribution in [2.24, 2.45) is 17.3 Å². The zero-order chi connectivity index (χ0) is 14.1. The van der Waals surface area contributed by atoms with Crippen LogP contribution < -0.4 is 5.32 Å². The van der Waals surface area contributed by atoms with Crippen molar-refractivity contribution in [2.45, 2.75) is 46.1 Å². The molecule has 2 fully saturated rings. The van der Waals surface area contributed by atoms with E-state index < -0.39 is 0 Å². The Morgan fingerprint density at radius 1 is 1.37 bits per heavy atom. The van der Waals surface area contributed by atoms with Gasteiger partial charge in [-0.3, -0.25) is 0 Å². The fraction of sp³-hybridized carbons (Fsp3) is 1.00. The van der Waals surface area contributed by atoms with E-state index in [0.29, 0.717) is 5.41 Å². The molecule has 1 saturated heterocycles. The molecule has 1 N–H and O–H groups in total. The number of ether oxygens (including phenoxy) is 1. The smallest absolute Gasteiger partial charge is 0.0547 e. The summed E-state index contributed by atoms with van der Waals surface area (Å²) in [4.78, 5) is 2.53. The Morgan fingerprint density at radius 2 is 2.05 bits per heavy atom. The van der Waals surface area contributed by atoms with Crippen molar-refractivity contribution in [3.63, 3.8) is 0 Å². The number of rotatable bonds is 6. The number of hydrogen-bond acceptors (Lipinski definition) is 3. The number of nitrogens with zero attached hydrogens (tertiary/aromatic N) is 1. The summed E-state index contributed by atoms with van der Waals surface area (Å²) in [6.07, 6.45) is 2.62. The molecule has 3 unspecified atom stereocenters. The third-order valence-corrected chi connectivity index (χ3v) is 4.61.